The minimum Gasteiger partial charge on any atom is -0.378 e. The lowest BCUT2D eigenvalue weighted by atomic mass is 10.1. The van der Waals surface area contributed by atoms with Crippen molar-refractivity contribution in [3.63, 3.8) is 0 Å². The van der Waals surface area contributed by atoms with Crippen molar-refractivity contribution in [3.05, 3.63) is 77.6 Å². The largest absolute Gasteiger partial charge is 0.378 e. The van der Waals surface area contributed by atoms with Gasteiger partial charge in [-0.05, 0) is 40.6 Å². The van der Waals surface area contributed by atoms with Crippen LogP contribution in [0.15, 0.2) is 65.8 Å². The molecule has 1 saturated heterocycles. The average Bonchev–Trinajstić information content (AvgIpc) is 2.74. The smallest absolute Gasteiger partial charge is 0.271 e. The van der Waals surface area contributed by atoms with E-state index in [-0.39, 0.29) is 11.7 Å². The summed E-state index contributed by atoms with van der Waals surface area (Å²) >= 11 is 0. The maximum atomic E-state index is 14.4. The Bertz CT molecular complexity index is 1030. The number of ether oxygens (including phenoxy) is 1. The topological polar surface area (TPSA) is 53.9 Å². The maximum Gasteiger partial charge on any atom is 0.271 e. The number of nitrogens with zero attached hydrogens (tertiary/aromatic N) is 2. The van der Waals surface area contributed by atoms with Crippen molar-refractivity contribution in [2.45, 2.75) is 0 Å². The first kappa shape index (κ1) is 18.1. The number of benzene rings is 3. The Morgan fingerprint density at radius 1 is 1.04 bits per heavy atom. The SMILES string of the molecule is O=C(N/N=C\c1ccc(N2CCOCC2)c(F)c1)c1ccc2ccccc2c1. The van der Waals surface area contributed by atoms with E-state index < -0.39 is 0 Å². The second-order valence-corrected chi connectivity index (χ2v) is 6.57. The molecule has 0 aliphatic carbocycles. The summed E-state index contributed by atoms with van der Waals surface area (Å²) in [6, 6.07) is 18.2. The molecule has 6 heteroatoms. The molecule has 0 atom stereocenters. The van der Waals surface area contributed by atoms with E-state index in [0.29, 0.717) is 43.1 Å². The highest BCUT2D eigenvalue weighted by molar-refractivity contribution is 5.99. The number of hydrazone groups is 1. The molecule has 0 radical (unpaired) electrons. The number of fused-ring (bicyclic) bond motifs is 1. The van der Waals surface area contributed by atoms with Gasteiger partial charge < -0.3 is 9.64 Å². The molecule has 1 amide bonds. The summed E-state index contributed by atoms with van der Waals surface area (Å²) in [6.45, 7) is 2.55. The van der Waals surface area contributed by atoms with E-state index in [1.54, 1.807) is 18.2 Å². The van der Waals surface area contributed by atoms with Gasteiger partial charge in [0.2, 0.25) is 0 Å². The number of hydrogen-bond donors (Lipinski definition) is 1. The molecule has 0 spiro atoms. The fourth-order valence-electron chi connectivity index (χ4n) is 3.22. The van der Waals surface area contributed by atoms with Crippen LogP contribution in [0.5, 0.6) is 0 Å². The third kappa shape index (κ3) is 4.02. The van der Waals surface area contributed by atoms with E-state index in [1.165, 1.54) is 12.3 Å². The zero-order valence-electron chi connectivity index (χ0n) is 15.3. The molecule has 142 valence electrons. The highest BCUT2D eigenvalue weighted by Gasteiger charge is 2.15. The summed E-state index contributed by atoms with van der Waals surface area (Å²) < 4.78 is 19.7. The number of halogens is 1. The van der Waals surface area contributed by atoms with E-state index in [4.69, 9.17) is 4.74 Å². The van der Waals surface area contributed by atoms with Crippen molar-refractivity contribution in [1.82, 2.24) is 5.43 Å². The predicted molar refractivity (Wildman–Crippen MR) is 108 cm³/mol. The molecule has 1 aliphatic heterocycles. The molecule has 4 rings (SSSR count). The Morgan fingerprint density at radius 3 is 2.61 bits per heavy atom. The van der Waals surface area contributed by atoms with E-state index in [1.807, 2.05) is 41.3 Å². The number of nitrogens with one attached hydrogen (secondary N) is 1. The number of carbonyl (C=O) groups is 1. The highest BCUT2D eigenvalue weighted by atomic mass is 19.1. The molecule has 28 heavy (non-hydrogen) atoms. The molecule has 0 bridgehead atoms. The molecule has 1 N–H and O–H groups in total. The molecule has 3 aromatic rings. The highest BCUT2D eigenvalue weighted by Crippen LogP contribution is 2.21. The minimum atomic E-state index is -0.313. The summed E-state index contributed by atoms with van der Waals surface area (Å²) in [6.07, 6.45) is 1.44. The number of carbonyl (C=O) groups excluding carboxylic acids is 1. The molecular formula is C22H20FN3O2. The zero-order chi connectivity index (χ0) is 19.3. The summed E-state index contributed by atoms with van der Waals surface area (Å²) in [5.41, 5.74) is 4.14. The molecule has 1 heterocycles. The van der Waals surface area contributed by atoms with Crippen LogP contribution in [0.2, 0.25) is 0 Å². The molecule has 0 unspecified atom stereocenters. The van der Waals surface area contributed by atoms with Crippen molar-refractivity contribution in [1.29, 1.82) is 0 Å². The third-order valence-corrected chi connectivity index (χ3v) is 4.71. The van der Waals surface area contributed by atoms with E-state index >= 15 is 0 Å². The monoisotopic (exact) mass is 377 g/mol. The number of rotatable bonds is 4. The molecule has 3 aromatic carbocycles. The second-order valence-electron chi connectivity index (χ2n) is 6.57. The molecule has 1 aliphatic rings. The molecule has 1 fully saturated rings. The molecule has 0 saturated carbocycles. The van der Waals surface area contributed by atoms with Crippen LogP contribution in [0.25, 0.3) is 10.8 Å². The van der Waals surface area contributed by atoms with Crippen LogP contribution in [0, 0.1) is 5.82 Å². The van der Waals surface area contributed by atoms with Crippen molar-refractivity contribution in [2.75, 3.05) is 31.2 Å². The quantitative estimate of drug-likeness (QED) is 0.559. The predicted octanol–water partition coefficient (Wildman–Crippen LogP) is 3.58. The fraction of sp³-hybridized carbons (Fsp3) is 0.182. The first-order valence-corrected chi connectivity index (χ1v) is 9.15. The lowest BCUT2D eigenvalue weighted by molar-refractivity contribution is 0.0955. The summed E-state index contributed by atoms with van der Waals surface area (Å²) in [4.78, 5) is 14.2. The summed E-state index contributed by atoms with van der Waals surface area (Å²) in [5.74, 6) is -0.626. The Kier molecular flexibility index (Phi) is 5.30. The van der Waals surface area contributed by atoms with Gasteiger partial charge in [0.15, 0.2) is 0 Å². The van der Waals surface area contributed by atoms with Crippen LogP contribution < -0.4 is 10.3 Å². The molecule has 0 aromatic heterocycles. The normalized spacial score (nSPS) is 14.5. The van der Waals surface area contributed by atoms with E-state index in [2.05, 4.69) is 10.5 Å². The first-order valence-electron chi connectivity index (χ1n) is 9.15. The van der Waals surface area contributed by atoms with Gasteiger partial charge in [0.05, 0.1) is 25.1 Å². The van der Waals surface area contributed by atoms with Crippen LogP contribution >= 0.6 is 0 Å². The van der Waals surface area contributed by atoms with Gasteiger partial charge in [-0.15, -0.1) is 0 Å². The van der Waals surface area contributed by atoms with Gasteiger partial charge >= 0.3 is 0 Å². The molecular weight excluding hydrogens is 357 g/mol. The van der Waals surface area contributed by atoms with Gasteiger partial charge in [-0.1, -0.05) is 36.4 Å². The summed E-state index contributed by atoms with van der Waals surface area (Å²) in [5, 5.41) is 6.01. The van der Waals surface area contributed by atoms with Crippen LogP contribution in [0.4, 0.5) is 10.1 Å². The van der Waals surface area contributed by atoms with Crippen molar-refractivity contribution >= 4 is 28.6 Å². The van der Waals surface area contributed by atoms with Crippen molar-refractivity contribution in [3.8, 4) is 0 Å². The molecule has 5 nitrogen and oxygen atoms in total. The lowest BCUT2D eigenvalue weighted by Gasteiger charge is -2.29. The van der Waals surface area contributed by atoms with E-state index in [9.17, 15) is 9.18 Å². The van der Waals surface area contributed by atoms with E-state index in [0.717, 1.165) is 10.8 Å². The zero-order valence-corrected chi connectivity index (χ0v) is 15.3. The van der Waals surface area contributed by atoms with Gasteiger partial charge in [-0.2, -0.15) is 5.10 Å². The van der Waals surface area contributed by atoms with Gasteiger partial charge in [0, 0.05) is 18.7 Å². The van der Waals surface area contributed by atoms with Crippen LogP contribution in [-0.2, 0) is 4.74 Å². The van der Waals surface area contributed by atoms with Gasteiger partial charge in [-0.25, -0.2) is 9.82 Å². The Balaban J connectivity index is 1.42. The van der Waals surface area contributed by atoms with Crippen LogP contribution in [-0.4, -0.2) is 38.4 Å². The number of anilines is 1. The van der Waals surface area contributed by atoms with Gasteiger partial charge in [0.25, 0.3) is 5.91 Å². The Hall–Kier alpha value is -3.25. The Morgan fingerprint density at radius 2 is 1.82 bits per heavy atom. The fourth-order valence-corrected chi connectivity index (χ4v) is 3.22. The minimum absolute atomic E-state index is 0.313. The maximum absolute atomic E-state index is 14.4. The Labute approximate surface area is 162 Å². The first-order chi connectivity index (χ1) is 13.7. The number of hydrogen-bond acceptors (Lipinski definition) is 4. The third-order valence-electron chi connectivity index (χ3n) is 4.71. The number of morpholine rings is 1. The standard InChI is InChI=1S/C22H20FN3O2/c23-20-13-16(5-8-21(20)26-9-11-28-12-10-26)15-24-25-22(27)19-7-6-17-3-1-2-4-18(17)14-19/h1-8,13-15H,9-12H2,(H,25,27)/b24-15-. The van der Waals surface area contributed by atoms with Crippen LogP contribution in [0.3, 0.4) is 0 Å². The average molecular weight is 377 g/mol. The van der Waals surface area contributed by atoms with Crippen molar-refractivity contribution < 1.29 is 13.9 Å². The second kappa shape index (κ2) is 8.19. The van der Waals surface area contributed by atoms with Crippen LogP contribution in [0.1, 0.15) is 15.9 Å². The summed E-state index contributed by atoms with van der Waals surface area (Å²) in [7, 11) is 0. The van der Waals surface area contributed by atoms with Crippen molar-refractivity contribution in [2.24, 2.45) is 5.10 Å². The number of amides is 1. The van der Waals surface area contributed by atoms with Gasteiger partial charge in [-0.3, -0.25) is 4.79 Å². The lowest BCUT2D eigenvalue weighted by Crippen LogP contribution is -2.36. The van der Waals surface area contributed by atoms with Gasteiger partial charge in [0.1, 0.15) is 5.82 Å².